The summed E-state index contributed by atoms with van der Waals surface area (Å²) in [5.41, 5.74) is 3.54. The summed E-state index contributed by atoms with van der Waals surface area (Å²) < 4.78 is 4.36. The molecule has 1 saturated heterocycles. The molecule has 5 nitrogen and oxygen atoms in total. The van der Waals surface area contributed by atoms with Crippen LogP contribution in [0.3, 0.4) is 0 Å². The Morgan fingerprint density at radius 1 is 1.00 bits per heavy atom. The smallest absolute Gasteiger partial charge is 0.257 e. The van der Waals surface area contributed by atoms with E-state index in [1.54, 1.807) is 36.5 Å². The molecule has 1 N–H and O–H groups in total. The maximum atomic E-state index is 13.0. The number of carbonyl (C=O) groups excluding carboxylic acids is 1. The van der Waals surface area contributed by atoms with E-state index in [0.717, 1.165) is 47.2 Å². The van der Waals surface area contributed by atoms with Gasteiger partial charge in [0.15, 0.2) is 0 Å². The zero-order chi connectivity index (χ0) is 23.7. The predicted molar refractivity (Wildman–Crippen MR) is 144 cm³/mol. The molecule has 34 heavy (non-hydrogen) atoms. The minimum Gasteiger partial charge on any atom is -0.322 e. The molecule has 1 aliphatic rings. The largest absolute Gasteiger partial charge is 0.322 e. The van der Waals surface area contributed by atoms with Gasteiger partial charge >= 0.3 is 0 Å². The molecular weight excluding hydrogens is 487 g/mol. The number of carbonyl (C=O) groups is 1. The first kappa shape index (κ1) is 23.0. The van der Waals surface area contributed by atoms with Crippen LogP contribution in [0, 0.1) is 0 Å². The summed E-state index contributed by atoms with van der Waals surface area (Å²) >= 11 is 14.7. The van der Waals surface area contributed by atoms with Crippen molar-refractivity contribution in [2.24, 2.45) is 0 Å². The number of amides is 1. The van der Waals surface area contributed by atoms with E-state index >= 15 is 0 Å². The van der Waals surface area contributed by atoms with Gasteiger partial charge in [0.25, 0.3) is 5.91 Å². The third kappa shape index (κ3) is 4.72. The van der Waals surface area contributed by atoms with Gasteiger partial charge in [-0.15, -0.1) is 0 Å². The van der Waals surface area contributed by atoms with E-state index in [4.69, 9.17) is 23.2 Å². The van der Waals surface area contributed by atoms with Crippen LogP contribution in [0.25, 0.3) is 22.0 Å². The van der Waals surface area contributed by atoms with Crippen LogP contribution in [0.2, 0.25) is 10.0 Å². The van der Waals surface area contributed by atoms with Crippen molar-refractivity contribution in [2.45, 2.75) is 6.42 Å². The third-order valence-electron chi connectivity index (χ3n) is 5.71. The first-order valence-corrected chi connectivity index (χ1v) is 12.4. The Balaban J connectivity index is 1.40. The second-order valence-corrected chi connectivity index (χ2v) is 10.1. The lowest BCUT2D eigenvalue weighted by Crippen LogP contribution is -2.31. The van der Waals surface area contributed by atoms with Crippen molar-refractivity contribution < 1.29 is 4.79 Å². The Kier molecular flexibility index (Phi) is 6.66. The molecule has 0 unspecified atom stereocenters. The van der Waals surface area contributed by atoms with Gasteiger partial charge in [0.2, 0.25) is 0 Å². The fourth-order valence-corrected chi connectivity index (χ4v) is 5.46. The standard InChI is InChI=1S/C26H22Cl2N4OS/c1-31-13-4-14-32(34-31)19-8-9-21(24(28)16-19)26(33)30-18-7-10-23(27)22(15-18)25-20-6-3-2-5-17(20)11-12-29-25/h2-3,5-12,15-16H,4,13-14H2,1H3,(H,30,33). The summed E-state index contributed by atoms with van der Waals surface area (Å²) in [6.45, 7) is 1.99. The molecule has 0 bridgehead atoms. The number of nitrogens with one attached hydrogen (secondary N) is 1. The molecule has 0 spiro atoms. The van der Waals surface area contributed by atoms with Crippen LogP contribution in [-0.2, 0) is 0 Å². The van der Waals surface area contributed by atoms with Crippen LogP contribution in [-0.4, -0.2) is 35.3 Å². The van der Waals surface area contributed by atoms with E-state index in [2.05, 4.69) is 26.0 Å². The van der Waals surface area contributed by atoms with Crippen molar-refractivity contribution in [3.8, 4) is 11.3 Å². The molecule has 172 valence electrons. The Morgan fingerprint density at radius 3 is 2.68 bits per heavy atom. The average molecular weight is 509 g/mol. The maximum absolute atomic E-state index is 13.0. The van der Waals surface area contributed by atoms with Crippen LogP contribution >= 0.6 is 35.3 Å². The molecule has 0 saturated carbocycles. The number of hydrogen-bond acceptors (Lipinski definition) is 5. The normalized spacial score (nSPS) is 14.4. The lowest BCUT2D eigenvalue weighted by molar-refractivity contribution is 0.102. The summed E-state index contributed by atoms with van der Waals surface area (Å²) in [5, 5.41) is 6.00. The minimum atomic E-state index is -0.279. The molecule has 1 aromatic heterocycles. The zero-order valence-electron chi connectivity index (χ0n) is 18.5. The molecule has 1 amide bonds. The van der Waals surface area contributed by atoms with Gasteiger partial charge in [-0.2, -0.15) is 0 Å². The van der Waals surface area contributed by atoms with Gasteiger partial charge in [-0.3, -0.25) is 9.78 Å². The number of anilines is 2. The highest BCUT2D eigenvalue weighted by molar-refractivity contribution is 7.98. The van der Waals surface area contributed by atoms with Crippen molar-refractivity contribution in [3.63, 3.8) is 0 Å². The van der Waals surface area contributed by atoms with Gasteiger partial charge < -0.3 is 9.62 Å². The predicted octanol–water partition coefficient (Wildman–Crippen LogP) is 7.17. The van der Waals surface area contributed by atoms with Crippen LogP contribution in [0.1, 0.15) is 16.8 Å². The van der Waals surface area contributed by atoms with E-state index in [0.29, 0.717) is 21.3 Å². The van der Waals surface area contributed by atoms with Crippen LogP contribution in [0.5, 0.6) is 0 Å². The van der Waals surface area contributed by atoms with Gasteiger partial charge in [-0.05, 0) is 61.3 Å². The molecule has 0 aliphatic carbocycles. The van der Waals surface area contributed by atoms with Crippen LogP contribution < -0.4 is 9.62 Å². The van der Waals surface area contributed by atoms with Gasteiger partial charge in [-0.1, -0.05) is 47.5 Å². The first-order chi connectivity index (χ1) is 16.5. The van der Waals surface area contributed by atoms with Gasteiger partial charge in [0.05, 0.1) is 21.3 Å². The van der Waals surface area contributed by atoms with Crippen molar-refractivity contribution in [3.05, 3.63) is 88.5 Å². The Bertz CT molecular complexity index is 1380. The maximum Gasteiger partial charge on any atom is 0.257 e. The highest BCUT2D eigenvalue weighted by Crippen LogP contribution is 2.35. The highest BCUT2D eigenvalue weighted by atomic mass is 35.5. The second-order valence-electron chi connectivity index (χ2n) is 8.08. The van der Waals surface area contributed by atoms with Crippen molar-refractivity contribution in [1.82, 2.24) is 9.29 Å². The van der Waals surface area contributed by atoms with E-state index < -0.39 is 0 Å². The number of hydrogen-bond donors (Lipinski definition) is 1. The molecule has 0 atom stereocenters. The summed E-state index contributed by atoms with van der Waals surface area (Å²) in [4.78, 5) is 17.6. The number of pyridine rings is 1. The molecule has 8 heteroatoms. The molecule has 1 fully saturated rings. The van der Waals surface area contributed by atoms with Gasteiger partial charge in [0.1, 0.15) is 0 Å². The fraction of sp³-hybridized carbons (Fsp3) is 0.154. The quantitative estimate of drug-likeness (QED) is 0.296. The number of halogens is 2. The van der Waals surface area contributed by atoms with Crippen molar-refractivity contribution in [1.29, 1.82) is 0 Å². The van der Waals surface area contributed by atoms with Crippen molar-refractivity contribution >= 4 is 63.4 Å². The topological polar surface area (TPSA) is 48.5 Å². The van der Waals surface area contributed by atoms with Crippen LogP contribution in [0.4, 0.5) is 11.4 Å². The average Bonchev–Trinajstić information content (AvgIpc) is 2.85. The Hall–Kier alpha value is -2.77. The number of nitrogens with zero attached hydrogens (tertiary/aromatic N) is 3. The van der Waals surface area contributed by atoms with Crippen LogP contribution in [0.15, 0.2) is 72.9 Å². The summed E-state index contributed by atoms with van der Waals surface area (Å²) in [7, 11) is 2.06. The van der Waals surface area contributed by atoms with E-state index in [9.17, 15) is 4.79 Å². The molecule has 1 aliphatic heterocycles. The number of rotatable bonds is 4. The van der Waals surface area contributed by atoms with Crippen molar-refractivity contribution in [2.75, 3.05) is 29.8 Å². The zero-order valence-corrected chi connectivity index (χ0v) is 20.8. The SMILES string of the molecule is CN1CCCN(c2ccc(C(=O)Nc3ccc(Cl)c(-c4nccc5ccccc45)c3)c(Cl)c2)S1. The highest BCUT2D eigenvalue weighted by Gasteiger charge is 2.19. The third-order valence-corrected chi connectivity index (χ3v) is 7.40. The van der Waals surface area contributed by atoms with Gasteiger partial charge in [-0.25, -0.2) is 4.31 Å². The Labute approximate surface area is 212 Å². The molecule has 2 heterocycles. The summed E-state index contributed by atoms with van der Waals surface area (Å²) in [6, 6.07) is 20.9. The van der Waals surface area contributed by atoms with E-state index in [-0.39, 0.29) is 5.91 Å². The molecular formula is C26H22Cl2N4OS. The molecule has 4 aromatic rings. The summed E-state index contributed by atoms with van der Waals surface area (Å²) in [5.74, 6) is -0.279. The first-order valence-electron chi connectivity index (χ1n) is 10.9. The lowest BCUT2D eigenvalue weighted by Gasteiger charge is -2.32. The summed E-state index contributed by atoms with van der Waals surface area (Å²) in [6.07, 6.45) is 2.84. The second kappa shape index (κ2) is 9.84. The molecule has 3 aromatic carbocycles. The lowest BCUT2D eigenvalue weighted by atomic mass is 10.0. The Morgan fingerprint density at radius 2 is 1.85 bits per heavy atom. The number of benzene rings is 3. The van der Waals surface area contributed by atoms with Gasteiger partial charge in [0, 0.05) is 53.7 Å². The number of aromatic nitrogens is 1. The minimum absolute atomic E-state index is 0.279. The molecule has 5 rings (SSSR count). The van der Waals surface area contributed by atoms with E-state index in [1.165, 1.54) is 0 Å². The fourth-order valence-electron chi connectivity index (χ4n) is 4.02. The number of fused-ring (bicyclic) bond motifs is 1. The molecule has 0 radical (unpaired) electrons. The van der Waals surface area contributed by atoms with E-state index in [1.807, 2.05) is 48.5 Å². The monoisotopic (exact) mass is 508 g/mol.